The summed E-state index contributed by atoms with van der Waals surface area (Å²) in [5.74, 6) is -12.5. The van der Waals surface area contributed by atoms with Crippen LogP contribution in [0.25, 0.3) is 0 Å². The molecule has 1 saturated heterocycles. The first kappa shape index (κ1) is 26.1. The van der Waals surface area contributed by atoms with E-state index >= 15 is 0 Å². The molecule has 36 heavy (non-hydrogen) atoms. The molecule has 1 heterocycles. The number of aliphatic hydroxyl groups excluding tert-OH is 3. The second kappa shape index (κ2) is 9.62. The normalized spacial score (nSPS) is 23.6. The number of carboxylic acids is 1. The molecule has 5 atom stereocenters. The van der Waals surface area contributed by atoms with Crippen molar-refractivity contribution in [3.05, 3.63) is 29.3 Å². The summed E-state index contributed by atoms with van der Waals surface area (Å²) in [6.45, 7) is 0. The van der Waals surface area contributed by atoms with E-state index in [1.807, 2.05) is 0 Å². The van der Waals surface area contributed by atoms with Crippen LogP contribution in [0.1, 0.15) is 20.7 Å². The van der Waals surface area contributed by atoms with E-state index < -0.39 is 100.0 Å². The van der Waals surface area contributed by atoms with Crippen molar-refractivity contribution in [2.45, 2.75) is 30.7 Å². The highest BCUT2D eigenvalue weighted by atomic mass is 16.7. The Bertz CT molecular complexity index is 1200. The lowest BCUT2D eigenvalue weighted by Crippen LogP contribution is -2.60. The van der Waals surface area contributed by atoms with Crippen molar-refractivity contribution in [3.63, 3.8) is 0 Å². The lowest BCUT2D eigenvalue weighted by Gasteiger charge is -2.37. The molecule has 0 bridgehead atoms. The summed E-state index contributed by atoms with van der Waals surface area (Å²) in [4.78, 5) is 36.0. The SMILES string of the molecule is O=C(Oc1cc(C(=O)OC2OC(C(=O)O)C(O)C(O)C2O)c(O)c(O)c1O)c1cc(O)c(O)c(O)c1. The minimum atomic E-state index is -2.19. The molecule has 2 aromatic carbocycles. The third kappa shape index (κ3) is 4.68. The molecular weight excluding hydrogens is 496 g/mol. The number of aromatic hydroxyl groups is 6. The minimum absolute atomic E-state index is 0.486. The number of ether oxygens (including phenoxy) is 3. The fourth-order valence-corrected chi connectivity index (χ4v) is 3.06. The summed E-state index contributed by atoms with van der Waals surface area (Å²) in [5, 5.41) is 96.8. The standard InChI is InChI=1S/C20H18O16/c21-6-1-4(2-7(22)10(6)24)18(32)34-8-3-5(9(23)12(26)11(8)25)19(33)36-20-15(29)13(27)14(28)16(35-20)17(30)31/h1-3,13-16,20-29H,(H,30,31). The Morgan fingerprint density at radius 2 is 1.31 bits per heavy atom. The van der Waals surface area contributed by atoms with Gasteiger partial charge < -0.3 is 65.3 Å². The van der Waals surface area contributed by atoms with Crippen molar-refractivity contribution in [1.82, 2.24) is 0 Å². The zero-order valence-corrected chi connectivity index (χ0v) is 17.5. The van der Waals surface area contributed by atoms with Crippen molar-refractivity contribution >= 4 is 17.9 Å². The zero-order chi connectivity index (χ0) is 27.1. The number of carbonyl (C=O) groups is 3. The molecule has 16 nitrogen and oxygen atoms in total. The minimum Gasteiger partial charge on any atom is -0.504 e. The van der Waals surface area contributed by atoms with Gasteiger partial charge in [-0.25, -0.2) is 14.4 Å². The highest BCUT2D eigenvalue weighted by Gasteiger charge is 2.48. The highest BCUT2D eigenvalue weighted by Crippen LogP contribution is 2.45. The first-order valence-electron chi connectivity index (χ1n) is 9.63. The van der Waals surface area contributed by atoms with Crippen LogP contribution in [-0.2, 0) is 14.3 Å². The molecule has 0 aromatic heterocycles. The molecule has 0 aliphatic carbocycles. The number of carbonyl (C=O) groups excluding carboxylic acids is 2. The highest BCUT2D eigenvalue weighted by molar-refractivity contribution is 5.97. The third-order valence-corrected chi connectivity index (χ3v) is 4.98. The molecule has 1 aliphatic rings. The van der Waals surface area contributed by atoms with Gasteiger partial charge in [-0.3, -0.25) is 0 Å². The first-order chi connectivity index (χ1) is 16.7. The van der Waals surface area contributed by atoms with E-state index in [0.717, 1.165) is 0 Å². The van der Waals surface area contributed by atoms with Gasteiger partial charge in [0.05, 0.1) is 5.56 Å². The van der Waals surface area contributed by atoms with E-state index in [1.165, 1.54) is 0 Å². The number of aliphatic carboxylic acids is 1. The molecule has 10 N–H and O–H groups in total. The Hall–Kier alpha value is -4.51. The van der Waals surface area contributed by atoms with Gasteiger partial charge in [-0.1, -0.05) is 0 Å². The molecule has 2 aromatic rings. The van der Waals surface area contributed by atoms with Gasteiger partial charge in [0.25, 0.3) is 0 Å². The molecular formula is C20H18O16. The van der Waals surface area contributed by atoms with Crippen LogP contribution in [0, 0.1) is 0 Å². The summed E-state index contributed by atoms with van der Waals surface area (Å²) in [5.41, 5.74) is -1.57. The number of hydrogen-bond acceptors (Lipinski definition) is 15. The van der Waals surface area contributed by atoms with Gasteiger partial charge in [-0.05, 0) is 12.1 Å². The second-order valence-corrected chi connectivity index (χ2v) is 7.36. The van der Waals surface area contributed by atoms with Gasteiger partial charge in [0, 0.05) is 6.07 Å². The zero-order valence-electron chi connectivity index (χ0n) is 17.5. The topological polar surface area (TPSA) is 281 Å². The lowest BCUT2D eigenvalue weighted by atomic mass is 9.99. The van der Waals surface area contributed by atoms with Crippen LogP contribution in [0.3, 0.4) is 0 Å². The van der Waals surface area contributed by atoms with E-state index in [-0.39, 0.29) is 0 Å². The molecule has 5 unspecified atom stereocenters. The Kier molecular flexibility index (Phi) is 6.98. The van der Waals surface area contributed by atoms with E-state index in [4.69, 9.17) is 19.3 Å². The molecule has 1 fully saturated rings. The average molecular weight is 514 g/mol. The fraction of sp³-hybridized carbons (Fsp3) is 0.250. The summed E-state index contributed by atoms with van der Waals surface area (Å²) in [6.07, 6.45) is -10.7. The quantitative estimate of drug-likeness (QED) is 0.119. The molecule has 16 heteroatoms. The van der Waals surface area contributed by atoms with Gasteiger partial charge in [0.2, 0.25) is 17.8 Å². The van der Waals surface area contributed by atoms with E-state index in [1.54, 1.807) is 0 Å². The summed E-state index contributed by atoms with van der Waals surface area (Å²) >= 11 is 0. The predicted molar refractivity (Wildman–Crippen MR) is 108 cm³/mol. The number of phenolic OH excluding ortho intramolecular Hbond substituents is 6. The maximum absolute atomic E-state index is 12.6. The number of benzene rings is 2. The molecule has 1 aliphatic heterocycles. The van der Waals surface area contributed by atoms with E-state index in [0.29, 0.717) is 18.2 Å². The van der Waals surface area contributed by atoms with Crippen LogP contribution < -0.4 is 4.74 Å². The second-order valence-electron chi connectivity index (χ2n) is 7.36. The van der Waals surface area contributed by atoms with Crippen LogP contribution in [0.4, 0.5) is 0 Å². The molecule has 0 radical (unpaired) electrons. The Labute approximate surface area is 198 Å². The van der Waals surface area contributed by atoms with Crippen molar-refractivity contribution < 1.29 is 79.7 Å². The number of rotatable bonds is 5. The van der Waals surface area contributed by atoms with Crippen LogP contribution in [-0.4, -0.2) is 99.7 Å². The van der Waals surface area contributed by atoms with Gasteiger partial charge in [0.15, 0.2) is 34.9 Å². The van der Waals surface area contributed by atoms with Gasteiger partial charge in [0.1, 0.15) is 23.9 Å². The summed E-state index contributed by atoms with van der Waals surface area (Å²) < 4.78 is 14.3. The fourth-order valence-electron chi connectivity index (χ4n) is 3.06. The number of esters is 2. The van der Waals surface area contributed by atoms with E-state index in [2.05, 4.69) is 0 Å². The summed E-state index contributed by atoms with van der Waals surface area (Å²) in [6, 6.07) is 1.83. The number of aliphatic hydroxyl groups is 3. The maximum atomic E-state index is 12.6. The Morgan fingerprint density at radius 3 is 1.86 bits per heavy atom. The largest absolute Gasteiger partial charge is 0.504 e. The smallest absolute Gasteiger partial charge is 0.344 e. The molecule has 0 spiro atoms. The molecule has 0 amide bonds. The maximum Gasteiger partial charge on any atom is 0.344 e. The third-order valence-electron chi connectivity index (χ3n) is 4.98. The van der Waals surface area contributed by atoms with Crippen LogP contribution in [0.2, 0.25) is 0 Å². The van der Waals surface area contributed by atoms with E-state index in [9.17, 15) is 60.3 Å². The van der Waals surface area contributed by atoms with Crippen molar-refractivity contribution in [3.8, 4) is 40.2 Å². The van der Waals surface area contributed by atoms with Crippen LogP contribution in [0.5, 0.6) is 40.2 Å². The van der Waals surface area contributed by atoms with Crippen LogP contribution >= 0.6 is 0 Å². The van der Waals surface area contributed by atoms with Crippen molar-refractivity contribution in [2.75, 3.05) is 0 Å². The van der Waals surface area contributed by atoms with Crippen LogP contribution in [0.15, 0.2) is 18.2 Å². The number of phenols is 6. The van der Waals surface area contributed by atoms with Gasteiger partial charge in [-0.15, -0.1) is 0 Å². The monoisotopic (exact) mass is 514 g/mol. The predicted octanol–water partition coefficient (Wildman–Crippen LogP) is -1.81. The van der Waals surface area contributed by atoms with Crippen molar-refractivity contribution in [2.24, 2.45) is 0 Å². The van der Waals surface area contributed by atoms with Crippen molar-refractivity contribution in [1.29, 1.82) is 0 Å². The molecule has 3 rings (SSSR count). The van der Waals surface area contributed by atoms with Gasteiger partial charge in [-0.2, -0.15) is 0 Å². The number of hydrogen-bond donors (Lipinski definition) is 10. The lowest BCUT2D eigenvalue weighted by molar-refractivity contribution is -0.278. The average Bonchev–Trinajstić information content (AvgIpc) is 2.82. The Balaban J connectivity index is 1.89. The molecule has 194 valence electrons. The Morgan fingerprint density at radius 1 is 0.722 bits per heavy atom. The van der Waals surface area contributed by atoms with Gasteiger partial charge >= 0.3 is 17.9 Å². The number of carboxylic acid groups (broad SMARTS) is 1. The summed E-state index contributed by atoms with van der Waals surface area (Å²) in [7, 11) is 0. The molecule has 0 saturated carbocycles. The first-order valence-corrected chi connectivity index (χ1v) is 9.63.